The number of rotatable bonds is 5. The number of benzene rings is 2. The number of aliphatic hydroxyl groups is 1. The van der Waals surface area contributed by atoms with Gasteiger partial charge in [0, 0.05) is 29.3 Å². The van der Waals surface area contributed by atoms with Gasteiger partial charge in [0.05, 0.1) is 6.04 Å². The van der Waals surface area contributed by atoms with Gasteiger partial charge < -0.3 is 15.1 Å². The van der Waals surface area contributed by atoms with Gasteiger partial charge in [-0.1, -0.05) is 41.4 Å². The largest absolute Gasteiger partial charge is 0.507 e. The number of aromatic nitrogens is 2. The van der Waals surface area contributed by atoms with E-state index in [0.717, 1.165) is 16.7 Å². The molecular formula is C22H22ClN3O3. The number of phenolic OH excluding ortho intramolecular Hbond substituents is 1. The minimum absolute atomic E-state index is 0.00218. The van der Waals surface area contributed by atoms with E-state index in [-0.39, 0.29) is 24.3 Å². The van der Waals surface area contributed by atoms with Gasteiger partial charge in [0.1, 0.15) is 17.1 Å². The summed E-state index contributed by atoms with van der Waals surface area (Å²) in [5.74, 6) is -0.111. The molecule has 1 aromatic heterocycles. The Morgan fingerprint density at radius 1 is 1.21 bits per heavy atom. The Balaban J connectivity index is 1.89. The van der Waals surface area contributed by atoms with Gasteiger partial charge in [0.25, 0.3) is 5.91 Å². The van der Waals surface area contributed by atoms with E-state index in [0.29, 0.717) is 40.5 Å². The molecule has 1 aliphatic heterocycles. The molecule has 0 unspecified atom stereocenters. The summed E-state index contributed by atoms with van der Waals surface area (Å²) in [5.41, 5.74) is 4.93. The van der Waals surface area contributed by atoms with E-state index >= 15 is 0 Å². The average molecular weight is 412 g/mol. The molecule has 3 N–H and O–H groups in total. The number of nitrogens with zero attached hydrogens (tertiary/aromatic N) is 2. The molecule has 1 amide bonds. The molecule has 4 rings (SSSR count). The predicted molar refractivity (Wildman–Crippen MR) is 111 cm³/mol. The normalized spacial score (nSPS) is 15.8. The third-order valence-electron chi connectivity index (χ3n) is 5.35. The van der Waals surface area contributed by atoms with Crippen molar-refractivity contribution < 1.29 is 15.0 Å². The number of fused-ring (bicyclic) bond motifs is 1. The number of carbonyl (C=O) groups is 1. The summed E-state index contributed by atoms with van der Waals surface area (Å²) in [7, 11) is 0. The van der Waals surface area contributed by atoms with E-state index in [1.807, 2.05) is 38.1 Å². The molecule has 0 saturated carbocycles. The summed E-state index contributed by atoms with van der Waals surface area (Å²) in [6.07, 6.45) is 0.475. The van der Waals surface area contributed by atoms with E-state index in [1.165, 1.54) is 0 Å². The van der Waals surface area contributed by atoms with Crippen LogP contribution >= 0.6 is 11.6 Å². The van der Waals surface area contributed by atoms with Gasteiger partial charge in [-0.05, 0) is 43.5 Å². The first-order valence-electron chi connectivity index (χ1n) is 9.48. The van der Waals surface area contributed by atoms with E-state index < -0.39 is 0 Å². The number of amides is 1. The van der Waals surface area contributed by atoms with Gasteiger partial charge in [0.2, 0.25) is 0 Å². The lowest BCUT2D eigenvalue weighted by Crippen LogP contribution is -2.31. The first-order chi connectivity index (χ1) is 13.9. The number of aromatic hydroxyl groups is 1. The Kier molecular flexibility index (Phi) is 5.06. The summed E-state index contributed by atoms with van der Waals surface area (Å²) >= 11 is 6.30. The van der Waals surface area contributed by atoms with Gasteiger partial charge in [-0.3, -0.25) is 9.89 Å². The van der Waals surface area contributed by atoms with Crippen LogP contribution in [0.3, 0.4) is 0 Å². The molecule has 2 heterocycles. The molecule has 0 aliphatic carbocycles. The second-order valence-electron chi connectivity index (χ2n) is 7.37. The van der Waals surface area contributed by atoms with Crippen LogP contribution in [-0.2, 0) is 0 Å². The topological polar surface area (TPSA) is 89.5 Å². The SMILES string of the molecule is Cc1ccc([C@H]2c3c(-c4cc(Cl)c(C)cc4O)n[nH]c3C(=O)N2CCCO)cc1. The number of phenols is 1. The number of aliphatic hydroxyl groups excluding tert-OH is 1. The zero-order valence-corrected chi connectivity index (χ0v) is 17.0. The van der Waals surface area contributed by atoms with Crippen LogP contribution in [0, 0.1) is 13.8 Å². The second kappa shape index (κ2) is 7.54. The smallest absolute Gasteiger partial charge is 0.273 e. The summed E-state index contributed by atoms with van der Waals surface area (Å²) in [6, 6.07) is 10.9. The van der Waals surface area contributed by atoms with Crippen LogP contribution in [0.5, 0.6) is 5.75 Å². The van der Waals surface area contributed by atoms with E-state index in [4.69, 9.17) is 11.6 Å². The van der Waals surface area contributed by atoms with Crippen molar-refractivity contribution >= 4 is 17.5 Å². The number of hydrogen-bond donors (Lipinski definition) is 3. The molecule has 29 heavy (non-hydrogen) atoms. The monoisotopic (exact) mass is 411 g/mol. The van der Waals surface area contributed by atoms with Gasteiger partial charge in [-0.2, -0.15) is 5.10 Å². The molecule has 150 valence electrons. The molecule has 6 nitrogen and oxygen atoms in total. The predicted octanol–water partition coefficient (Wildman–Crippen LogP) is 3.98. The summed E-state index contributed by atoms with van der Waals surface area (Å²) in [6.45, 7) is 4.23. The van der Waals surface area contributed by atoms with Crippen molar-refractivity contribution in [3.63, 3.8) is 0 Å². The van der Waals surface area contributed by atoms with Crippen molar-refractivity contribution in [2.24, 2.45) is 0 Å². The van der Waals surface area contributed by atoms with Crippen LogP contribution in [0.25, 0.3) is 11.3 Å². The Labute approximate surface area is 173 Å². The van der Waals surface area contributed by atoms with Crippen molar-refractivity contribution in [1.29, 1.82) is 0 Å². The lowest BCUT2D eigenvalue weighted by Gasteiger charge is -2.26. The number of aromatic amines is 1. The molecule has 3 aromatic rings. The van der Waals surface area contributed by atoms with Gasteiger partial charge in [-0.15, -0.1) is 0 Å². The fraction of sp³-hybridized carbons (Fsp3) is 0.273. The molecule has 7 heteroatoms. The number of hydrogen-bond acceptors (Lipinski definition) is 4. The van der Waals surface area contributed by atoms with Crippen LogP contribution in [0.4, 0.5) is 0 Å². The number of nitrogens with one attached hydrogen (secondary N) is 1. The van der Waals surface area contributed by atoms with Gasteiger partial charge in [0.15, 0.2) is 0 Å². The highest BCUT2D eigenvalue weighted by Crippen LogP contribution is 2.45. The second-order valence-corrected chi connectivity index (χ2v) is 7.78. The maximum absolute atomic E-state index is 13.1. The summed E-state index contributed by atoms with van der Waals surface area (Å²) < 4.78 is 0. The lowest BCUT2D eigenvalue weighted by molar-refractivity contribution is 0.0732. The van der Waals surface area contributed by atoms with E-state index in [2.05, 4.69) is 10.2 Å². The Bertz CT molecular complexity index is 1080. The highest BCUT2D eigenvalue weighted by atomic mass is 35.5. The quantitative estimate of drug-likeness (QED) is 0.592. The molecule has 2 aromatic carbocycles. The standard InChI is InChI=1S/C22H22ClN3O3/c1-12-4-6-14(7-5-12)21-18-19(15-11-16(23)13(2)10-17(15)28)24-25-20(18)22(29)26(21)8-3-9-27/h4-7,10-11,21,27-28H,3,8-9H2,1-2H3,(H,24,25)/t21-/m0/s1. The Hall–Kier alpha value is -2.83. The van der Waals surface area contributed by atoms with Crippen molar-refractivity contribution in [2.75, 3.05) is 13.2 Å². The number of halogens is 1. The molecule has 0 saturated heterocycles. The third-order valence-corrected chi connectivity index (χ3v) is 5.75. The molecule has 1 atom stereocenters. The van der Waals surface area contributed by atoms with Gasteiger partial charge >= 0.3 is 0 Å². The van der Waals surface area contributed by atoms with Crippen LogP contribution < -0.4 is 0 Å². The minimum atomic E-state index is -0.363. The molecule has 0 radical (unpaired) electrons. The number of aryl methyl sites for hydroxylation is 2. The maximum Gasteiger partial charge on any atom is 0.273 e. The summed E-state index contributed by atoms with van der Waals surface area (Å²) in [4.78, 5) is 14.8. The van der Waals surface area contributed by atoms with Crippen LogP contribution in [-0.4, -0.2) is 44.4 Å². The molecular weight excluding hydrogens is 390 g/mol. The average Bonchev–Trinajstić information content (AvgIpc) is 3.23. The summed E-state index contributed by atoms with van der Waals surface area (Å²) in [5, 5.41) is 27.6. The molecule has 1 aliphatic rings. The van der Waals surface area contributed by atoms with Crippen LogP contribution in [0.2, 0.25) is 5.02 Å². The molecule has 0 spiro atoms. The first kappa shape index (κ1) is 19.5. The Morgan fingerprint density at radius 3 is 2.62 bits per heavy atom. The van der Waals surface area contributed by atoms with Crippen molar-refractivity contribution in [3.8, 4) is 17.0 Å². The number of H-pyrrole nitrogens is 1. The first-order valence-corrected chi connectivity index (χ1v) is 9.86. The number of carbonyl (C=O) groups excluding carboxylic acids is 1. The van der Waals surface area contributed by atoms with Crippen molar-refractivity contribution in [3.05, 3.63) is 69.4 Å². The van der Waals surface area contributed by atoms with E-state index in [1.54, 1.807) is 17.0 Å². The third kappa shape index (κ3) is 3.28. The highest BCUT2D eigenvalue weighted by Gasteiger charge is 2.42. The van der Waals surface area contributed by atoms with E-state index in [9.17, 15) is 15.0 Å². The highest BCUT2D eigenvalue weighted by molar-refractivity contribution is 6.31. The molecule has 0 bridgehead atoms. The zero-order chi connectivity index (χ0) is 20.7. The fourth-order valence-corrected chi connectivity index (χ4v) is 3.99. The maximum atomic E-state index is 13.1. The minimum Gasteiger partial charge on any atom is -0.507 e. The van der Waals surface area contributed by atoms with Crippen LogP contribution in [0.15, 0.2) is 36.4 Å². The van der Waals surface area contributed by atoms with Crippen LogP contribution in [0.1, 0.15) is 45.2 Å². The zero-order valence-electron chi connectivity index (χ0n) is 16.2. The fourth-order valence-electron chi connectivity index (χ4n) is 3.82. The van der Waals surface area contributed by atoms with Crippen molar-refractivity contribution in [2.45, 2.75) is 26.3 Å². The van der Waals surface area contributed by atoms with Crippen molar-refractivity contribution in [1.82, 2.24) is 15.1 Å². The lowest BCUT2D eigenvalue weighted by atomic mass is 9.94. The Morgan fingerprint density at radius 2 is 1.93 bits per heavy atom. The molecule has 0 fully saturated rings. The van der Waals surface area contributed by atoms with Gasteiger partial charge in [-0.25, -0.2) is 0 Å².